The number of rotatable bonds is 6. The lowest BCUT2D eigenvalue weighted by Crippen LogP contribution is -2.11. The fourth-order valence-electron chi connectivity index (χ4n) is 2.05. The van der Waals surface area contributed by atoms with Crippen molar-refractivity contribution in [1.29, 1.82) is 0 Å². The molecule has 0 fully saturated rings. The Morgan fingerprint density at radius 2 is 2.09 bits per heavy atom. The average Bonchev–Trinajstić information content (AvgIpc) is 2.56. The number of halogens is 1. The van der Waals surface area contributed by atoms with Crippen LogP contribution >= 0.6 is 0 Å². The molecule has 0 radical (unpaired) electrons. The minimum Gasteiger partial charge on any atom is -0.462 e. The highest BCUT2D eigenvalue weighted by atomic mass is 19.1. The molecule has 0 unspecified atom stereocenters. The normalized spacial score (nSPS) is 10.2. The van der Waals surface area contributed by atoms with Gasteiger partial charge in [0, 0.05) is 11.8 Å². The van der Waals surface area contributed by atoms with Crippen molar-refractivity contribution in [3.8, 4) is 11.6 Å². The van der Waals surface area contributed by atoms with Gasteiger partial charge in [-0.15, -0.1) is 0 Å². The minimum atomic E-state index is -0.746. The first-order valence-corrected chi connectivity index (χ1v) is 7.18. The lowest BCUT2D eigenvalue weighted by atomic mass is 10.1. The largest absolute Gasteiger partial charge is 0.462 e. The summed E-state index contributed by atoms with van der Waals surface area (Å²) in [6, 6.07) is 6.08. The molecule has 0 saturated carbocycles. The lowest BCUT2D eigenvalue weighted by molar-refractivity contribution is 0.0520. The summed E-state index contributed by atoms with van der Waals surface area (Å²) in [7, 11) is 0. The van der Waals surface area contributed by atoms with Gasteiger partial charge in [0.15, 0.2) is 17.9 Å². The maximum Gasteiger partial charge on any atom is 0.344 e. The fourth-order valence-corrected chi connectivity index (χ4v) is 2.05. The first-order valence-electron chi connectivity index (χ1n) is 7.18. The maximum atomic E-state index is 14.3. The number of benzene rings is 1. The van der Waals surface area contributed by atoms with Crippen molar-refractivity contribution in [3.63, 3.8) is 0 Å². The summed E-state index contributed by atoms with van der Waals surface area (Å²) >= 11 is 0. The van der Waals surface area contributed by atoms with Gasteiger partial charge in [-0.1, -0.05) is 19.1 Å². The zero-order chi connectivity index (χ0) is 16.8. The summed E-state index contributed by atoms with van der Waals surface area (Å²) in [4.78, 5) is 27.1. The Balaban J connectivity index is 2.48. The van der Waals surface area contributed by atoms with Gasteiger partial charge in [0.25, 0.3) is 0 Å². The molecular weight excluding hydrogens is 301 g/mol. The number of pyridine rings is 1. The van der Waals surface area contributed by atoms with Crippen LogP contribution in [0, 0.1) is 5.82 Å². The van der Waals surface area contributed by atoms with Gasteiger partial charge >= 0.3 is 5.97 Å². The molecule has 2 aromatic rings. The van der Waals surface area contributed by atoms with Crippen LogP contribution in [0.3, 0.4) is 0 Å². The van der Waals surface area contributed by atoms with Crippen LogP contribution in [0.25, 0.3) is 0 Å². The van der Waals surface area contributed by atoms with Gasteiger partial charge in [-0.3, -0.25) is 4.79 Å². The SMILES string of the molecule is CCOC(=O)c1c(C=O)ccnc1Oc1cccc(CC)c1F. The number of esters is 1. The summed E-state index contributed by atoms with van der Waals surface area (Å²) in [5.74, 6) is -1.50. The second-order valence-electron chi connectivity index (χ2n) is 4.60. The van der Waals surface area contributed by atoms with Crippen LogP contribution in [0.15, 0.2) is 30.5 Å². The van der Waals surface area contributed by atoms with Gasteiger partial charge in [0.2, 0.25) is 5.88 Å². The second kappa shape index (κ2) is 7.49. The van der Waals surface area contributed by atoms with Crippen molar-refractivity contribution in [2.45, 2.75) is 20.3 Å². The van der Waals surface area contributed by atoms with Crippen molar-refractivity contribution in [3.05, 3.63) is 53.0 Å². The van der Waals surface area contributed by atoms with Gasteiger partial charge in [-0.05, 0) is 31.0 Å². The fraction of sp³-hybridized carbons (Fsp3) is 0.235. The van der Waals surface area contributed by atoms with Gasteiger partial charge in [-0.2, -0.15) is 0 Å². The number of hydrogen-bond donors (Lipinski definition) is 0. The van der Waals surface area contributed by atoms with E-state index >= 15 is 0 Å². The summed E-state index contributed by atoms with van der Waals surface area (Å²) in [6.45, 7) is 3.59. The highest BCUT2D eigenvalue weighted by Crippen LogP contribution is 2.29. The first kappa shape index (κ1) is 16.6. The van der Waals surface area contributed by atoms with Gasteiger partial charge < -0.3 is 9.47 Å². The second-order valence-corrected chi connectivity index (χ2v) is 4.60. The molecule has 0 amide bonds. The number of aldehydes is 1. The summed E-state index contributed by atoms with van der Waals surface area (Å²) in [5, 5.41) is 0. The number of ether oxygens (including phenoxy) is 2. The van der Waals surface area contributed by atoms with E-state index in [0.717, 1.165) is 0 Å². The molecule has 0 saturated heterocycles. The third-order valence-electron chi connectivity index (χ3n) is 3.19. The smallest absolute Gasteiger partial charge is 0.344 e. The van der Waals surface area contributed by atoms with Crippen LogP contribution in [-0.2, 0) is 11.2 Å². The molecule has 0 aliphatic rings. The number of aromatic nitrogens is 1. The van der Waals surface area contributed by atoms with Crippen molar-refractivity contribution in [2.75, 3.05) is 6.61 Å². The molecule has 120 valence electrons. The van der Waals surface area contributed by atoms with E-state index in [4.69, 9.17) is 9.47 Å². The molecular formula is C17H16FNO4. The standard InChI is InChI=1S/C17H16FNO4/c1-3-11-6-5-7-13(15(11)18)23-16-14(17(21)22-4-2)12(10-20)8-9-19-16/h5-10H,3-4H2,1-2H3. The van der Waals surface area contributed by atoms with Crippen LogP contribution in [-0.4, -0.2) is 23.8 Å². The van der Waals surface area contributed by atoms with Gasteiger partial charge in [0.05, 0.1) is 6.61 Å². The van der Waals surface area contributed by atoms with E-state index < -0.39 is 11.8 Å². The Hall–Kier alpha value is -2.76. The Morgan fingerprint density at radius 3 is 2.74 bits per heavy atom. The predicted octanol–water partition coefficient (Wildman–Crippen LogP) is 3.56. The van der Waals surface area contributed by atoms with Crippen molar-refractivity contribution >= 4 is 12.3 Å². The van der Waals surface area contributed by atoms with E-state index in [1.807, 2.05) is 6.92 Å². The Morgan fingerprint density at radius 1 is 1.30 bits per heavy atom. The molecule has 2 rings (SSSR count). The molecule has 1 aromatic carbocycles. The third kappa shape index (κ3) is 3.53. The third-order valence-corrected chi connectivity index (χ3v) is 3.19. The molecule has 1 aromatic heterocycles. The van der Waals surface area contributed by atoms with Gasteiger partial charge in [0.1, 0.15) is 5.56 Å². The molecule has 0 bridgehead atoms. The van der Waals surface area contributed by atoms with Gasteiger partial charge in [-0.25, -0.2) is 14.2 Å². The molecule has 0 spiro atoms. The number of hydrogen-bond acceptors (Lipinski definition) is 5. The monoisotopic (exact) mass is 317 g/mol. The molecule has 0 N–H and O–H groups in total. The van der Waals surface area contributed by atoms with Crippen LogP contribution in [0.1, 0.15) is 40.1 Å². The molecule has 0 aliphatic heterocycles. The minimum absolute atomic E-state index is 0.0644. The van der Waals surface area contributed by atoms with Crippen LogP contribution < -0.4 is 4.74 Å². The number of nitrogens with zero attached hydrogens (tertiary/aromatic N) is 1. The van der Waals surface area contributed by atoms with E-state index in [1.165, 1.54) is 18.3 Å². The maximum absolute atomic E-state index is 14.3. The zero-order valence-electron chi connectivity index (χ0n) is 12.8. The molecule has 0 aliphatic carbocycles. The highest BCUT2D eigenvalue weighted by molar-refractivity contribution is 6.00. The van der Waals surface area contributed by atoms with Crippen molar-refractivity contribution in [2.24, 2.45) is 0 Å². The Bertz CT molecular complexity index is 731. The summed E-state index contributed by atoms with van der Waals surface area (Å²) < 4.78 is 24.6. The van der Waals surface area contributed by atoms with E-state index in [1.54, 1.807) is 19.1 Å². The molecule has 5 nitrogen and oxygen atoms in total. The average molecular weight is 317 g/mol. The quantitative estimate of drug-likeness (QED) is 0.602. The summed E-state index contributed by atoms with van der Waals surface area (Å²) in [5.41, 5.74) is 0.429. The summed E-state index contributed by atoms with van der Waals surface area (Å²) in [6.07, 6.45) is 2.30. The zero-order valence-corrected chi connectivity index (χ0v) is 12.8. The number of carbonyl (C=O) groups excluding carboxylic acids is 2. The molecule has 1 heterocycles. The predicted molar refractivity (Wildman–Crippen MR) is 81.4 cm³/mol. The van der Waals surface area contributed by atoms with E-state index in [9.17, 15) is 14.0 Å². The van der Waals surface area contributed by atoms with Crippen LogP contribution in [0.5, 0.6) is 11.6 Å². The molecule has 6 heteroatoms. The Kier molecular flexibility index (Phi) is 5.41. The first-order chi connectivity index (χ1) is 11.1. The highest BCUT2D eigenvalue weighted by Gasteiger charge is 2.21. The molecule has 0 atom stereocenters. The molecule has 23 heavy (non-hydrogen) atoms. The number of carbonyl (C=O) groups is 2. The topological polar surface area (TPSA) is 65.5 Å². The van der Waals surface area contributed by atoms with E-state index in [-0.39, 0.29) is 29.4 Å². The van der Waals surface area contributed by atoms with Crippen molar-refractivity contribution < 1.29 is 23.5 Å². The lowest BCUT2D eigenvalue weighted by Gasteiger charge is -2.12. The van der Waals surface area contributed by atoms with Crippen molar-refractivity contribution in [1.82, 2.24) is 4.98 Å². The van der Waals surface area contributed by atoms with E-state index in [0.29, 0.717) is 18.3 Å². The van der Waals surface area contributed by atoms with Crippen LogP contribution in [0.2, 0.25) is 0 Å². The van der Waals surface area contributed by atoms with E-state index in [2.05, 4.69) is 4.98 Å². The van der Waals surface area contributed by atoms with Crippen LogP contribution in [0.4, 0.5) is 4.39 Å². The number of aryl methyl sites for hydroxylation is 1. The Labute approximate surface area is 133 Å².